The highest BCUT2D eigenvalue weighted by molar-refractivity contribution is 6.74. The lowest BCUT2D eigenvalue weighted by Crippen LogP contribution is -2.52. The van der Waals surface area contributed by atoms with E-state index in [-0.39, 0.29) is 28.7 Å². The SMILES string of the molecule is COc1ccc(COC[C@@H](O)[C@@H](O[Si](C)(C)C(C)(C)C)[C@H](C)CO[Si](C)(C)C(C)(C)C)cc1. The standard InChI is InChI=1S/C26H50O5Si2/c1-20(17-30-32(9,10)25(2,3)4)24(31-33(11,12)26(5,6)7)23(27)19-29-18-21-13-15-22(28-8)16-14-21/h13-16,20,23-24,27H,17-19H2,1-12H3/t20-,23-,24+/m1/s1. The van der Waals surface area contributed by atoms with E-state index in [0.717, 1.165) is 11.3 Å². The third-order valence-corrected chi connectivity index (χ3v) is 16.4. The number of methoxy groups -OCH3 is 1. The molecule has 0 aliphatic heterocycles. The van der Waals surface area contributed by atoms with Gasteiger partial charge in [-0.1, -0.05) is 60.6 Å². The highest BCUT2D eigenvalue weighted by Gasteiger charge is 2.43. The highest BCUT2D eigenvalue weighted by Crippen LogP contribution is 2.40. The summed E-state index contributed by atoms with van der Waals surface area (Å²) in [7, 11) is -2.33. The van der Waals surface area contributed by atoms with E-state index in [9.17, 15) is 5.11 Å². The third kappa shape index (κ3) is 9.11. The maximum absolute atomic E-state index is 11.2. The highest BCUT2D eigenvalue weighted by atomic mass is 28.4. The van der Waals surface area contributed by atoms with Gasteiger partial charge in [0.15, 0.2) is 16.6 Å². The number of ether oxygens (including phenoxy) is 2. The van der Waals surface area contributed by atoms with Crippen molar-refractivity contribution in [1.29, 1.82) is 0 Å². The van der Waals surface area contributed by atoms with Crippen LogP contribution in [-0.2, 0) is 20.2 Å². The van der Waals surface area contributed by atoms with Crippen molar-refractivity contribution < 1.29 is 23.4 Å². The lowest BCUT2D eigenvalue weighted by atomic mass is 10.0. The molecule has 0 unspecified atom stereocenters. The van der Waals surface area contributed by atoms with Crippen LogP contribution in [0.25, 0.3) is 0 Å². The van der Waals surface area contributed by atoms with Crippen LogP contribution in [0.4, 0.5) is 0 Å². The molecule has 33 heavy (non-hydrogen) atoms. The molecule has 0 spiro atoms. The van der Waals surface area contributed by atoms with Gasteiger partial charge in [-0.2, -0.15) is 0 Å². The number of benzene rings is 1. The molecule has 0 radical (unpaired) electrons. The number of hydrogen-bond acceptors (Lipinski definition) is 5. The normalized spacial score (nSPS) is 16.4. The van der Waals surface area contributed by atoms with E-state index < -0.39 is 22.7 Å². The van der Waals surface area contributed by atoms with Gasteiger partial charge in [-0.15, -0.1) is 0 Å². The summed E-state index contributed by atoms with van der Waals surface area (Å²) in [4.78, 5) is 0. The summed E-state index contributed by atoms with van der Waals surface area (Å²) in [6.07, 6.45) is -1.07. The Morgan fingerprint density at radius 1 is 0.848 bits per heavy atom. The minimum Gasteiger partial charge on any atom is -0.497 e. The molecule has 0 bridgehead atoms. The van der Waals surface area contributed by atoms with Gasteiger partial charge in [-0.3, -0.25) is 0 Å². The first-order valence-corrected chi connectivity index (χ1v) is 17.9. The molecular formula is C26H50O5Si2. The molecule has 1 rings (SSSR count). The van der Waals surface area contributed by atoms with Crippen LogP contribution in [-0.4, -0.2) is 54.3 Å². The Bertz CT molecular complexity index is 705. The first kappa shape index (κ1) is 30.3. The molecule has 3 atom stereocenters. The predicted octanol–water partition coefficient (Wildman–Crippen LogP) is 6.62. The second kappa shape index (κ2) is 11.8. The van der Waals surface area contributed by atoms with Crippen LogP contribution in [0, 0.1) is 5.92 Å². The summed E-state index contributed by atoms with van der Waals surface area (Å²) in [6, 6.07) is 7.78. The summed E-state index contributed by atoms with van der Waals surface area (Å²) in [5.41, 5.74) is 1.04. The van der Waals surface area contributed by atoms with Crippen LogP contribution >= 0.6 is 0 Å². The molecule has 192 valence electrons. The van der Waals surface area contributed by atoms with Gasteiger partial charge in [0.1, 0.15) is 11.9 Å². The second-order valence-electron chi connectivity index (χ2n) is 12.3. The first-order valence-electron chi connectivity index (χ1n) is 12.1. The van der Waals surface area contributed by atoms with E-state index >= 15 is 0 Å². The quantitative estimate of drug-likeness (QED) is 0.328. The van der Waals surface area contributed by atoms with Crippen molar-refractivity contribution in [2.24, 2.45) is 5.92 Å². The summed E-state index contributed by atoms with van der Waals surface area (Å²) < 4.78 is 24.3. The smallest absolute Gasteiger partial charge is 0.192 e. The Morgan fingerprint density at radius 3 is 1.82 bits per heavy atom. The Kier molecular flexibility index (Phi) is 10.9. The summed E-state index contributed by atoms with van der Waals surface area (Å²) in [5.74, 6) is 0.866. The number of rotatable bonds is 12. The van der Waals surface area contributed by atoms with Crippen molar-refractivity contribution in [1.82, 2.24) is 0 Å². The van der Waals surface area contributed by atoms with Crippen LogP contribution in [0.1, 0.15) is 54.0 Å². The molecule has 0 amide bonds. The van der Waals surface area contributed by atoms with Crippen LogP contribution in [0.2, 0.25) is 36.3 Å². The van der Waals surface area contributed by atoms with Crippen molar-refractivity contribution in [3.8, 4) is 5.75 Å². The van der Waals surface area contributed by atoms with Crippen LogP contribution in [0.5, 0.6) is 5.75 Å². The Hall–Kier alpha value is -0.706. The lowest BCUT2D eigenvalue weighted by Gasteiger charge is -2.43. The number of aliphatic hydroxyl groups excluding tert-OH is 1. The fraction of sp³-hybridized carbons (Fsp3) is 0.769. The maximum Gasteiger partial charge on any atom is 0.192 e. The molecule has 0 aromatic heterocycles. The Balaban J connectivity index is 2.89. The molecule has 0 fully saturated rings. The minimum absolute atomic E-state index is 0.0489. The monoisotopic (exact) mass is 498 g/mol. The van der Waals surface area contributed by atoms with Crippen LogP contribution in [0.3, 0.4) is 0 Å². The fourth-order valence-corrected chi connectivity index (χ4v) is 5.39. The molecule has 1 aromatic carbocycles. The first-order chi connectivity index (χ1) is 14.9. The van der Waals surface area contributed by atoms with Gasteiger partial charge in [0.25, 0.3) is 0 Å². The molecule has 0 aliphatic rings. The number of aliphatic hydroxyl groups is 1. The van der Waals surface area contributed by atoms with Gasteiger partial charge in [0, 0.05) is 12.5 Å². The summed E-state index contributed by atoms with van der Waals surface area (Å²) in [6.45, 7) is 25.7. The van der Waals surface area contributed by atoms with Gasteiger partial charge >= 0.3 is 0 Å². The van der Waals surface area contributed by atoms with E-state index in [1.807, 2.05) is 24.3 Å². The predicted molar refractivity (Wildman–Crippen MR) is 143 cm³/mol. The zero-order valence-electron chi connectivity index (χ0n) is 23.2. The van der Waals surface area contributed by atoms with Gasteiger partial charge in [-0.25, -0.2) is 0 Å². The zero-order valence-corrected chi connectivity index (χ0v) is 25.2. The van der Waals surface area contributed by atoms with Gasteiger partial charge in [0.05, 0.1) is 26.4 Å². The molecule has 5 nitrogen and oxygen atoms in total. The molecule has 7 heteroatoms. The Labute approximate surface area is 205 Å². The van der Waals surface area contributed by atoms with Gasteiger partial charge < -0.3 is 23.4 Å². The van der Waals surface area contributed by atoms with Gasteiger partial charge in [-0.05, 0) is 54.0 Å². The minimum atomic E-state index is -2.09. The zero-order chi connectivity index (χ0) is 25.7. The van der Waals surface area contributed by atoms with E-state index in [0.29, 0.717) is 13.2 Å². The summed E-state index contributed by atoms with van der Waals surface area (Å²) >= 11 is 0. The van der Waals surface area contributed by atoms with Crippen LogP contribution in [0.15, 0.2) is 24.3 Å². The van der Waals surface area contributed by atoms with E-state index in [2.05, 4.69) is 74.7 Å². The number of hydrogen-bond donors (Lipinski definition) is 1. The van der Waals surface area contributed by atoms with Crippen molar-refractivity contribution in [3.05, 3.63) is 29.8 Å². The molecule has 0 aliphatic carbocycles. The van der Waals surface area contributed by atoms with Crippen molar-refractivity contribution >= 4 is 16.6 Å². The third-order valence-electron chi connectivity index (χ3n) is 7.41. The van der Waals surface area contributed by atoms with Crippen molar-refractivity contribution in [2.75, 3.05) is 20.3 Å². The van der Waals surface area contributed by atoms with Crippen molar-refractivity contribution in [3.63, 3.8) is 0 Å². The van der Waals surface area contributed by atoms with E-state index in [1.54, 1.807) is 7.11 Å². The van der Waals surface area contributed by atoms with Crippen molar-refractivity contribution in [2.45, 2.75) is 104 Å². The van der Waals surface area contributed by atoms with Crippen LogP contribution < -0.4 is 4.74 Å². The molecule has 1 aromatic rings. The molecule has 0 saturated heterocycles. The molecular weight excluding hydrogens is 448 g/mol. The van der Waals surface area contributed by atoms with E-state index in [4.69, 9.17) is 18.3 Å². The van der Waals surface area contributed by atoms with Gasteiger partial charge in [0.2, 0.25) is 0 Å². The molecule has 0 heterocycles. The Morgan fingerprint density at radius 2 is 1.36 bits per heavy atom. The topological polar surface area (TPSA) is 57.2 Å². The lowest BCUT2D eigenvalue weighted by molar-refractivity contribution is -0.0620. The average Bonchev–Trinajstić information content (AvgIpc) is 2.69. The fourth-order valence-electron chi connectivity index (χ4n) is 2.86. The maximum atomic E-state index is 11.2. The molecule has 1 N–H and O–H groups in total. The molecule has 0 saturated carbocycles. The largest absolute Gasteiger partial charge is 0.497 e. The average molecular weight is 499 g/mol. The summed E-state index contributed by atoms with van der Waals surface area (Å²) in [5, 5.41) is 11.4. The second-order valence-corrected chi connectivity index (χ2v) is 21.9. The van der Waals surface area contributed by atoms with E-state index in [1.165, 1.54) is 0 Å².